The maximum Gasteiger partial charge on any atom is 0.312 e. The molecule has 24 heavy (non-hydrogen) atoms. The third-order valence-electron chi connectivity index (χ3n) is 3.95. The van der Waals surface area contributed by atoms with Crippen LogP contribution in [0.1, 0.15) is 18.4 Å². The SMILES string of the molecule is Cc1ccccc1OCCC(=O)N1CCN(C(=O)CC(=O)O)CC1. The minimum absolute atomic E-state index is 0.0195. The van der Waals surface area contributed by atoms with Gasteiger partial charge in [0.1, 0.15) is 12.2 Å². The third kappa shape index (κ3) is 4.97. The van der Waals surface area contributed by atoms with Crippen molar-refractivity contribution in [3.8, 4) is 5.75 Å². The van der Waals surface area contributed by atoms with Gasteiger partial charge in [-0.15, -0.1) is 0 Å². The molecule has 1 aromatic carbocycles. The molecule has 0 radical (unpaired) electrons. The summed E-state index contributed by atoms with van der Waals surface area (Å²) in [7, 11) is 0. The number of amides is 2. The number of para-hydroxylation sites is 1. The first-order chi connectivity index (χ1) is 11.5. The van der Waals surface area contributed by atoms with Crippen molar-refractivity contribution in [3.63, 3.8) is 0 Å². The molecule has 2 amide bonds. The van der Waals surface area contributed by atoms with Crippen LogP contribution in [0, 0.1) is 6.92 Å². The highest BCUT2D eigenvalue weighted by atomic mass is 16.5. The van der Waals surface area contributed by atoms with Gasteiger partial charge in [0.15, 0.2) is 0 Å². The number of carboxylic acids is 1. The molecule has 0 saturated carbocycles. The normalized spacial score (nSPS) is 14.4. The smallest absolute Gasteiger partial charge is 0.312 e. The van der Waals surface area contributed by atoms with Gasteiger partial charge in [-0.2, -0.15) is 0 Å². The van der Waals surface area contributed by atoms with Crippen LogP contribution in [0.4, 0.5) is 0 Å². The molecule has 0 atom stereocenters. The number of carbonyl (C=O) groups is 3. The Kier molecular flexibility index (Phi) is 6.17. The standard InChI is InChI=1S/C17H22N2O5/c1-13-4-2-3-5-14(13)24-11-6-15(20)18-7-9-19(10-8-18)16(21)12-17(22)23/h2-5H,6-12H2,1H3,(H,22,23). The lowest BCUT2D eigenvalue weighted by molar-refractivity contribution is -0.147. The lowest BCUT2D eigenvalue weighted by atomic mass is 10.2. The van der Waals surface area contributed by atoms with Gasteiger partial charge in [0.05, 0.1) is 13.0 Å². The van der Waals surface area contributed by atoms with Gasteiger partial charge in [0.2, 0.25) is 11.8 Å². The largest absolute Gasteiger partial charge is 0.493 e. The fourth-order valence-electron chi connectivity index (χ4n) is 2.57. The fourth-order valence-corrected chi connectivity index (χ4v) is 2.57. The summed E-state index contributed by atoms with van der Waals surface area (Å²) in [6, 6.07) is 7.63. The molecule has 7 heteroatoms. The Balaban J connectivity index is 1.72. The van der Waals surface area contributed by atoms with Crippen LogP contribution in [-0.4, -0.2) is 65.5 Å². The van der Waals surface area contributed by atoms with Crippen LogP contribution < -0.4 is 4.74 Å². The van der Waals surface area contributed by atoms with Gasteiger partial charge in [-0.05, 0) is 18.6 Å². The van der Waals surface area contributed by atoms with Crippen molar-refractivity contribution >= 4 is 17.8 Å². The highest BCUT2D eigenvalue weighted by Crippen LogP contribution is 2.16. The Morgan fingerprint density at radius 2 is 1.62 bits per heavy atom. The second-order valence-electron chi connectivity index (χ2n) is 5.70. The van der Waals surface area contributed by atoms with Crippen molar-refractivity contribution in [3.05, 3.63) is 29.8 Å². The second-order valence-corrected chi connectivity index (χ2v) is 5.70. The van der Waals surface area contributed by atoms with E-state index in [1.54, 1.807) is 4.90 Å². The second kappa shape index (κ2) is 8.33. The quantitative estimate of drug-likeness (QED) is 0.781. The van der Waals surface area contributed by atoms with Crippen molar-refractivity contribution in [1.29, 1.82) is 0 Å². The summed E-state index contributed by atoms with van der Waals surface area (Å²) in [5, 5.41) is 8.64. The van der Waals surface area contributed by atoms with E-state index in [0.717, 1.165) is 11.3 Å². The van der Waals surface area contributed by atoms with E-state index < -0.39 is 18.3 Å². The van der Waals surface area contributed by atoms with Gasteiger partial charge in [-0.3, -0.25) is 14.4 Å². The summed E-state index contributed by atoms with van der Waals surface area (Å²) in [6.07, 6.45) is -0.227. The first-order valence-corrected chi connectivity index (χ1v) is 7.93. The molecule has 1 heterocycles. The van der Waals surface area contributed by atoms with E-state index >= 15 is 0 Å². The first kappa shape index (κ1) is 17.8. The molecular formula is C17H22N2O5. The van der Waals surface area contributed by atoms with E-state index in [1.807, 2.05) is 31.2 Å². The average molecular weight is 334 g/mol. The number of hydrogen-bond acceptors (Lipinski definition) is 4. The van der Waals surface area contributed by atoms with E-state index in [4.69, 9.17) is 9.84 Å². The summed E-state index contributed by atoms with van der Waals surface area (Å²) in [6.45, 7) is 3.85. The van der Waals surface area contributed by atoms with Gasteiger partial charge in [-0.1, -0.05) is 18.2 Å². The molecule has 0 spiro atoms. The highest BCUT2D eigenvalue weighted by Gasteiger charge is 2.24. The van der Waals surface area contributed by atoms with Gasteiger partial charge < -0.3 is 19.6 Å². The van der Waals surface area contributed by atoms with Crippen LogP contribution in [0.25, 0.3) is 0 Å². The van der Waals surface area contributed by atoms with Crippen LogP contribution in [0.3, 0.4) is 0 Å². The molecule has 1 fully saturated rings. The van der Waals surface area contributed by atoms with Crippen LogP contribution in [0.2, 0.25) is 0 Å². The molecule has 1 N–H and O–H groups in total. The molecule has 0 unspecified atom stereocenters. The summed E-state index contributed by atoms with van der Waals surface area (Å²) in [4.78, 5) is 37.6. The number of carbonyl (C=O) groups excluding carboxylic acids is 2. The van der Waals surface area contributed by atoms with E-state index in [9.17, 15) is 14.4 Å². The Bertz CT molecular complexity index is 609. The van der Waals surface area contributed by atoms with Gasteiger partial charge in [0, 0.05) is 26.2 Å². The molecule has 0 aliphatic carbocycles. The Morgan fingerprint density at radius 3 is 2.21 bits per heavy atom. The zero-order valence-electron chi connectivity index (χ0n) is 13.7. The lowest BCUT2D eigenvalue weighted by Gasteiger charge is -2.34. The molecule has 1 saturated heterocycles. The molecule has 1 aliphatic heterocycles. The fraction of sp³-hybridized carbons (Fsp3) is 0.471. The lowest BCUT2D eigenvalue weighted by Crippen LogP contribution is -2.51. The summed E-state index contributed by atoms with van der Waals surface area (Å²) >= 11 is 0. The van der Waals surface area contributed by atoms with E-state index in [2.05, 4.69) is 0 Å². The molecule has 130 valence electrons. The number of rotatable bonds is 6. The number of aliphatic carboxylic acids is 1. The monoisotopic (exact) mass is 334 g/mol. The Labute approximate surface area is 140 Å². The van der Waals surface area contributed by atoms with Crippen LogP contribution >= 0.6 is 0 Å². The van der Waals surface area contributed by atoms with Crippen LogP contribution in [0.15, 0.2) is 24.3 Å². The number of piperazine rings is 1. The zero-order chi connectivity index (χ0) is 17.5. The van der Waals surface area contributed by atoms with Crippen LogP contribution in [0.5, 0.6) is 5.75 Å². The summed E-state index contributed by atoms with van der Waals surface area (Å²) in [5.41, 5.74) is 1.02. The van der Waals surface area contributed by atoms with Crippen molar-refractivity contribution in [1.82, 2.24) is 9.80 Å². The number of aryl methyl sites for hydroxylation is 1. The van der Waals surface area contributed by atoms with Gasteiger partial charge in [-0.25, -0.2) is 0 Å². The predicted molar refractivity (Wildman–Crippen MR) is 86.7 cm³/mol. The van der Waals surface area contributed by atoms with Gasteiger partial charge in [0.25, 0.3) is 0 Å². The number of benzene rings is 1. The molecule has 0 bridgehead atoms. The number of nitrogens with zero attached hydrogens (tertiary/aromatic N) is 2. The first-order valence-electron chi connectivity index (χ1n) is 7.93. The predicted octanol–water partition coefficient (Wildman–Crippen LogP) is 0.909. The molecule has 1 aliphatic rings. The molecule has 2 rings (SSSR count). The third-order valence-corrected chi connectivity index (χ3v) is 3.95. The molecule has 7 nitrogen and oxygen atoms in total. The Morgan fingerprint density at radius 1 is 1.04 bits per heavy atom. The average Bonchev–Trinajstić information content (AvgIpc) is 2.56. The van der Waals surface area contributed by atoms with E-state index in [-0.39, 0.29) is 12.3 Å². The Hall–Kier alpha value is -2.57. The number of ether oxygens (including phenoxy) is 1. The van der Waals surface area contributed by atoms with E-state index in [0.29, 0.717) is 32.8 Å². The maximum atomic E-state index is 12.2. The summed E-state index contributed by atoms with van der Waals surface area (Å²) < 4.78 is 5.62. The molecule has 0 aromatic heterocycles. The minimum atomic E-state index is -1.13. The van der Waals surface area contributed by atoms with Crippen molar-refractivity contribution in [2.24, 2.45) is 0 Å². The zero-order valence-corrected chi connectivity index (χ0v) is 13.7. The highest BCUT2D eigenvalue weighted by molar-refractivity contribution is 5.93. The molecular weight excluding hydrogens is 312 g/mol. The maximum absolute atomic E-state index is 12.2. The van der Waals surface area contributed by atoms with Crippen molar-refractivity contribution < 1.29 is 24.2 Å². The van der Waals surface area contributed by atoms with Crippen LogP contribution in [-0.2, 0) is 14.4 Å². The topological polar surface area (TPSA) is 87.2 Å². The molecule has 1 aromatic rings. The van der Waals surface area contributed by atoms with Crippen molar-refractivity contribution in [2.45, 2.75) is 19.8 Å². The minimum Gasteiger partial charge on any atom is -0.493 e. The number of hydrogen-bond donors (Lipinski definition) is 1. The van der Waals surface area contributed by atoms with Gasteiger partial charge >= 0.3 is 5.97 Å². The van der Waals surface area contributed by atoms with Crippen molar-refractivity contribution in [2.75, 3.05) is 32.8 Å². The summed E-state index contributed by atoms with van der Waals surface area (Å²) in [5.74, 6) is -0.785. The van der Waals surface area contributed by atoms with E-state index in [1.165, 1.54) is 4.90 Å². The number of carboxylic acid groups (broad SMARTS) is 1.